The first-order valence-corrected chi connectivity index (χ1v) is 8.22. The third-order valence-electron chi connectivity index (χ3n) is 4.37. The Kier molecular flexibility index (Phi) is 4.99. The van der Waals surface area contributed by atoms with Crippen molar-refractivity contribution in [3.8, 4) is 11.8 Å². The Morgan fingerprint density at radius 2 is 2.16 bits per heavy atom. The highest BCUT2D eigenvalue weighted by molar-refractivity contribution is 6.02. The average molecular weight is 338 g/mol. The second-order valence-electron chi connectivity index (χ2n) is 6.05. The first-order chi connectivity index (χ1) is 12.1. The van der Waals surface area contributed by atoms with Gasteiger partial charge in [-0.1, -0.05) is 17.9 Å². The number of carbonyl (C=O) groups excluding carboxylic acids is 3. The molecule has 0 radical (unpaired) electrons. The maximum absolute atomic E-state index is 12.1. The number of hydrogen-bond donors (Lipinski definition) is 2. The number of fused-ring (bicyclic) bond motifs is 1. The number of carbonyl (C=O) groups is 2. The van der Waals surface area contributed by atoms with Crippen LogP contribution in [0.5, 0.6) is 0 Å². The zero-order chi connectivity index (χ0) is 17.8. The van der Waals surface area contributed by atoms with Crippen LogP contribution in [0.25, 0.3) is 5.70 Å². The number of benzene rings is 1. The van der Waals surface area contributed by atoms with E-state index in [2.05, 4.69) is 17.2 Å². The van der Waals surface area contributed by atoms with Gasteiger partial charge in [-0.05, 0) is 30.5 Å². The molecule has 0 spiro atoms. The maximum Gasteiger partial charge on any atom is 0.249 e. The van der Waals surface area contributed by atoms with Crippen molar-refractivity contribution >= 4 is 23.5 Å². The molecule has 0 aliphatic carbocycles. The SMILES string of the molecule is O=C=C1c2cc(C#CCCCO)ccc2CN1C1CCC(=O)NC1=O. The van der Waals surface area contributed by atoms with Crippen LogP contribution in [0.4, 0.5) is 0 Å². The van der Waals surface area contributed by atoms with E-state index in [0.29, 0.717) is 31.5 Å². The topological polar surface area (TPSA) is 86.7 Å². The van der Waals surface area contributed by atoms with E-state index in [1.165, 1.54) is 0 Å². The normalized spacial score (nSPS) is 19.0. The average Bonchev–Trinajstić information content (AvgIpc) is 2.96. The molecule has 1 fully saturated rings. The fourth-order valence-electron chi connectivity index (χ4n) is 3.12. The van der Waals surface area contributed by atoms with Crippen LogP contribution in [-0.4, -0.2) is 40.4 Å². The van der Waals surface area contributed by atoms with Crippen molar-refractivity contribution in [2.75, 3.05) is 6.61 Å². The van der Waals surface area contributed by atoms with Gasteiger partial charge >= 0.3 is 0 Å². The van der Waals surface area contributed by atoms with Gasteiger partial charge in [-0.2, -0.15) is 0 Å². The number of unbranched alkanes of at least 4 members (excludes halogenated alkanes) is 1. The van der Waals surface area contributed by atoms with E-state index >= 15 is 0 Å². The standard InChI is InChI=1S/C19H18N2O4/c22-9-3-1-2-4-13-5-6-14-11-21(17(12-23)15(14)10-13)16-7-8-18(24)20-19(16)25/h5-6,10,16,22H,1,3,7-9,11H2,(H,20,24,25). The third kappa shape index (κ3) is 3.48. The number of rotatable bonds is 3. The Morgan fingerprint density at radius 1 is 1.32 bits per heavy atom. The number of aliphatic hydroxyl groups is 1. The number of piperidine rings is 1. The molecule has 2 amide bonds. The number of nitrogens with zero attached hydrogens (tertiary/aromatic N) is 1. The first-order valence-electron chi connectivity index (χ1n) is 8.22. The van der Waals surface area contributed by atoms with E-state index < -0.39 is 6.04 Å². The molecule has 0 saturated carbocycles. The van der Waals surface area contributed by atoms with Crippen LogP contribution >= 0.6 is 0 Å². The Bertz CT molecular complexity index is 828. The van der Waals surface area contributed by atoms with Crippen LogP contribution in [0.1, 0.15) is 42.4 Å². The molecule has 2 N–H and O–H groups in total. The molecule has 2 heterocycles. The minimum Gasteiger partial charge on any atom is -0.396 e. The van der Waals surface area contributed by atoms with Gasteiger partial charge in [0.15, 0.2) is 5.94 Å². The van der Waals surface area contributed by atoms with Crippen molar-refractivity contribution in [2.45, 2.75) is 38.3 Å². The molecule has 2 aliphatic heterocycles. The van der Waals surface area contributed by atoms with Gasteiger partial charge in [0.25, 0.3) is 0 Å². The molecule has 1 saturated heterocycles. The quantitative estimate of drug-likeness (QED) is 0.365. The molecular weight excluding hydrogens is 320 g/mol. The lowest BCUT2D eigenvalue weighted by Gasteiger charge is -2.30. The zero-order valence-electron chi connectivity index (χ0n) is 13.7. The van der Waals surface area contributed by atoms with Gasteiger partial charge in [-0.25, -0.2) is 4.79 Å². The van der Waals surface area contributed by atoms with Crippen LogP contribution in [0, 0.1) is 11.8 Å². The van der Waals surface area contributed by atoms with Crippen molar-refractivity contribution < 1.29 is 19.5 Å². The largest absolute Gasteiger partial charge is 0.396 e. The second kappa shape index (κ2) is 7.35. The summed E-state index contributed by atoms with van der Waals surface area (Å²) in [7, 11) is 0. The summed E-state index contributed by atoms with van der Waals surface area (Å²) >= 11 is 0. The first kappa shape index (κ1) is 17.0. The zero-order valence-corrected chi connectivity index (χ0v) is 13.7. The van der Waals surface area contributed by atoms with E-state index in [-0.39, 0.29) is 24.8 Å². The molecule has 0 bridgehead atoms. The number of imide groups is 1. The molecule has 2 aliphatic rings. The van der Waals surface area contributed by atoms with E-state index in [9.17, 15) is 14.4 Å². The minimum atomic E-state index is -0.541. The van der Waals surface area contributed by atoms with Gasteiger partial charge in [0.05, 0.1) is 0 Å². The Labute approximate surface area is 145 Å². The molecule has 1 unspecified atom stereocenters. The Balaban J connectivity index is 1.84. The smallest absolute Gasteiger partial charge is 0.249 e. The number of nitrogens with one attached hydrogen (secondary N) is 1. The van der Waals surface area contributed by atoms with Crippen molar-refractivity contribution in [1.82, 2.24) is 10.2 Å². The molecule has 6 nitrogen and oxygen atoms in total. The summed E-state index contributed by atoms with van der Waals surface area (Å²) in [4.78, 5) is 36.7. The predicted molar refractivity (Wildman–Crippen MR) is 90.5 cm³/mol. The number of hydrogen-bond acceptors (Lipinski definition) is 5. The van der Waals surface area contributed by atoms with Crippen molar-refractivity contribution in [3.05, 3.63) is 34.9 Å². The lowest BCUT2D eigenvalue weighted by molar-refractivity contribution is -0.136. The highest BCUT2D eigenvalue weighted by Crippen LogP contribution is 2.35. The number of aliphatic hydroxyl groups excluding tert-OH is 1. The van der Waals surface area contributed by atoms with Crippen molar-refractivity contribution in [2.24, 2.45) is 0 Å². The fourth-order valence-corrected chi connectivity index (χ4v) is 3.12. The molecule has 128 valence electrons. The second-order valence-corrected chi connectivity index (χ2v) is 6.05. The van der Waals surface area contributed by atoms with Crippen LogP contribution in [0.2, 0.25) is 0 Å². The molecular formula is C19H18N2O4. The van der Waals surface area contributed by atoms with Gasteiger partial charge in [0.2, 0.25) is 11.8 Å². The van der Waals surface area contributed by atoms with Crippen LogP contribution in [0.3, 0.4) is 0 Å². The van der Waals surface area contributed by atoms with Crippen molar-refractivity contribution in [3.63, 3.8) is 0 Å². The minimum absolute atomic E-state index is 0.109. The summed E-state index contributed by atoms with van der Waals surface area (Å²) < 4.78 is 0. The van der Waals surface area contributed by atoms with E-state index in [0.717, 1.165) is 16.7 Å². The van der Waals surface area contributed by atoms with E-state index in [4.69, 9.17) is 5.11 Å². The fraction of sp³-hybridized carbons (Fsp3) is 0.368. The predicted octanol–water partition coefficient (Wildman–Crippen LogP) is 0.604. The van der Waals surface area contributed by atoms with Crippen LogP contribution in [-0.2, 0) is 20.9 Å². The Morgan fingerprint density at radius 3 is 2.88 bits per heavy atom. The molecule has 3 rings (SSSR count). The van der Waals surface area contributed by atoms with E-state index in [1.54, 1.807) is 4.90 Å². The highest BCUT2D eigenvalue weighted by atomic mass is 16.3. The summed E-state index contributed by atoms with van der Waals surface area (Å²) in [5.74, 6) is 7.29. The molecule has 6 heteroatoms. The van der Waals surface area contributed by atoms with E-state index in [1.807, 2.05) is 24.1 Å². The lowest BCUT2D eigenvalue weighted by atomic mass is 10.0. The molecule has 1 aromatic rings. The molecule has 25 heavy (non-hydrogen) atoms. The van der Waals surface area contributed by atoms with Crippen LogP contribution in [0.15, 0.2) is 18.2 Å². The molecule has 1 atom stereocenters. The third-order valence-corrected chi connectivity index (χ3v) is 4.37. The van der Waals surface area contributed by atoms with Crippen molar-refractivity contribution in [1.29, 1.82) is 0 Å². The Hall–Kier alpha value is -2.87. The monoisotopic (exact) mass is 338 g/mol. The van der Waals surface area contributed by atoms with Gasteiger partial charge < -0.3 is 10.0 Å². The summed E-state index contributed by atoms with van der Waals surface area (Å²) in [5.41, 5.74) is 2.77. The maximum atomic E-state index is 12.1. The molecule has 1 aromatic carbocycles. The van der Waals surface area contributed by atoms with Crippen LogP contribution < -0.4 is 5.32 Å². The number of amides is 2. The summed E-state index contributed by atoms with van der Waals surface area (Å²) in [6.45, 7) is 0.544. The summed E-state index contributed by atoms with van der Waals surface area (Å²) in [5, 5.41) is 11.1. The van der Waals surface area contributed by atoms with Gasteiger partial charge in [-0.3, -0.25) is 14.9 Å². The summed E-state index contributed by atoms with van der Waals surface area (Å²) in [6.07, 6.45) is 1.88. The highest BCUT2D eigenvalue weighted by Gasteiger charge is 2.37. The lowest BCUT2D eigenvalue weighted by Crippen LogP contribution is -2.50. The van der Waals surface area contributed by atoms with Gasteiger partial charge in [-0.15, -0.1) is 0 Å². The van der Waals surface area contributed by atoms with Gasteiger partial charge in [0, 0.05) is 37.1 Å². The molecule has 0 aromatic heterocycles. The summed E-state index contributed by atoms with van der Waals surface area (Å²) in [6, 6.07) is 5.06. The van der Waals surface area contributed by atoms with Gasteiger partial charge in [0.1, 0.15) is 11.7 Å².